The Balaban J connectivity index is 5.08. The molecular weight excluding hydrogens is 219 g/mol. The third-order valence-corrected chi connectivity index (χ3v) is 1.67. The SMILES string of the molecule is C=N/C(NC(=CC)C(F)(F)F)=C(/C)N=CC. The maximum atomic E-state index is 12.4. The van der Waals surface area contributed by atoms with Crippen LogP contribution in [-0.2, 0) is 0 Å². The number of hydrogen-bond donors (Lipinski definition) is 1. The maximum absolute atomic E-state index is 12.4. The van der Waals surface area contributed by atoms with E-state index in [0.29, 0.717) is 5.70 Å². The monoisotopic (exact) mass is 233 g/mol. The Morgan fingerprint density at radius 1 is 1.31 bits per heavy atom. The van der Waals surface area contributed by atoms with Crippen LogP contribution in [-0.4, -0.2) is 19.1 Å². The van der Waals surface area contributed by atoms with E-state index in [4.69, 9.17) is 0 Å². The number of alkyl halides is 3. The van der Waals surface area contributed by atoms with Crippen molar-refractivity contribution in [3.8, 4) is 0 Å². The molecule has 0 saturated heterocycles. The van der Waals surface area contributed by atoms with Crippen LogP contribution in [0.5, 0.6) is 0 Å². The summed E-state index contributed by atoms with van der Waals surface area (Å²) in [5, 5.41) is 2.15. The second-order valence-electron chi connectivity index (χ2n) is 2.80. The molecular formula is C10H14F3N3. The lowest BCUT2D eigenvalue weighted by molar-refractivity contribution is -0.0959. The molecule has 0 aliphatic rings. The van der Waals surface area contributed by atoms with E-state index in [9.17, 15) is 13.2 Å². The van der Waals surface area contributed by atoms with Crippen molar-refractivity contribution in [2.45, 2.75) is 26.9 Å². The van der Waals surface area contributed by atoms with Crippen LogP contribution >= 0.6 is 0 Å². The zero-order valence-electron chi connectivity index (χ0n) is 9.39. The van der Waals surface area contributed by atoms with E-state index in [-0.39, 0.29) is 5.82 Å². The van der Waals surface area contributed by atoms with Gasteiger partial charge in [0.2, 0.25) is 0 Å². The van der Waals surface area contributed by atoms with Gasteiger partial charge in [0.15, 0.2) is 5.82 Å². The zero-order chi connectivity index (χ0) is 12.8. The topological polar surface area (TPSA) is 36.8 Å². The summed E-state index contributed by atoms with van der Waals surface area (Å²) in [5.74, 6) is -0.0106. The number of allylic oxidation sites excluding steroid dienone is 3. The lowest BCUT2D eigenvalue weighted by Crippen LogP contribution is -2.25. The van der Waals surface area contributed by atoms with Crippen molar-refractivity contribution in [3.05, 3.63) is 23.3 Å². The highest BCUT2D eigenvalue weighted by Gasteiger charge is 2.33. The van der Waals surface area contributed by atoms with E-state index in [2.05, 4.69) is 22.0 Å². The molecule has 0 amide bonds. The molecule has 0 rings (SSSR count). The Bertz CT molecular complexity index is 338. The van der Waals surface area contributed by atoms with Gasteiger partial charge >= 0.3 is 6.18 Å². The molecule has 0 fully saturated rings. The van der Waals surface area contributed by atoms with Crippen LogP contribution in [0.3, 0.4) is 0 Å². The fraction of sp³-hybridized carbons (Fsp3) is 0.400. The maximum Gasteiger partial charge on any atom is 0.430 e. The molecule has 0 aliphatic carbocycles. The number of halogens is 3. The third kappa shape index (κ3) is 4.29. The smallest absolute Gasteiger partial charge is 0.335 e. The van der Waals surface area contributed by atoms with E-state index in [0.717, 1.165) is 6.08 Å². The van der Waals surface area contributed by atoms with Gasteiger partial charge in [-0.3, -0.25) is 4.99 Å². The van der Waals surface area contributed by atoms with Crippen molar-refractivity contribution in [1.82, 2.24) is 5.32 Å². The Labute approximate surface area is 92.5 Å². The van der Waals surface area contributed by atoms with E-state index in [1.165, 1.54) is 13.1 Å². The van der Waals surface area contributed by atoms with Crippen molar-refractivity contribution in [2.24, 2.45) is 9.98 Å². The van der Waals surface area contributed by atoms with Crippen LogP contribution in [0.15, 0.2) is 33.3 Å². The summed E-state index contributed by atoms with van der Waals surface area (Å²) in [6.45, 7) is 7.68. The second-order valence-corrected chi connectivity index (χ2v) is 2.80. The van der Waals surface area contributed by atoms with Gasteiger partial charge in [-0.05, 0) is 27.5 Å². The minimum atomic E-state index is -4.44. The molecule has 0 aliphatic heterocycles. The molecule has 0 spiro atoms. The first-order valence-electron chi connectivity index (χ1n) is 4.53. The predicted molar refractivity (Wildman–Crippen MR) is 59.4 cm³/mol. The first-order valence-corrected chi connectivity index (χ1v) is 4.53. The number of nitrogens with zero attached hydrogens (tertiary/aromatic N) is 2. The molecule has 0 unspecified atom stereocenters. The molecule has 0 aromatic rings. The molecule has 3 nitrogen and oxygen atoms in total. The lowest BCUT2D eigenvalue weighted by Gasteiger charge is -2.14. The molecule has 0 saturated carbocycles. The van der Waals surface area contributed by atoms with Crippen molar-refractivity contribution < 1.29 is 13.2 Å². The highest BCUT2D eigenvalue weighted by atomic mass is 19.4. The number of hydrogen-bond acceptors (Lipinski definition) is 3. The molecule has 0 aromatic heterocycles. The third-order valence-electron chi connectivity index (χ3n) is 1.67. The zero-order valence-corrected chi connectivity index (χ0v) is 9.39. The standard InChI is InChI=1S/C10H14F3N3/c1-5-8(10(11,12)13)16-9(14-4)7(3)15-6-2/h5-6,16H,4H2,1-3H3/b8-5?,9-7+,15-6?. The van der Waals surface area contributed by atoms with Gasteiger partial charge in [-0.25, -0.2) is 4.99 Å². The van der Waals surface area contributed by atoms with E-state index in [1.807, 2.05) is 0 Å². The molecule has 6 heteroatoms. The summed E-state index contributed by atoms with van der Waals surface area (Å²) in [5.41, 5.74) is -0.554. The van der Waals surface area contributed by atoms with Gasteiger partial charge in [0, 0.05) is 6.21 Å². The highest BCUT2D eigenvalue weighted by Crippen LogP contribution is 2.24. The van der Waals surface area contributed by atoms with Crippen molar-refractivity contribution in [3.63, 3.8) is 0 Å². The summed E-state index contributed by atoms with van der Waals surface area (Å²) in [6.07, 6.45) is -2.06. The molecule has 16 heavy (non-hydrogen) atoms. The second kappa shape index (κ2) is 6.09. The Morgan fingerprint density at radius 3 is 2.19 bits per heavy atom. The lowest BCUT2D eigenvalue weighted by atomic mass is 10.3. The summed E-state index contributed by atoms with van der Waals surface area (Å²) in [4.78, 5) is 7.30. The average molecular weight is 233 g/mol. The van der Waals surface area contributed by atoms with Gasteiger partial charge in [0.05, 0.1) is 5.70 Å². The Hall–Kier alpha value is -1.59. The fourth-order valence-corrected chi connectivity index (χ4v) is 0.933. The fourth-order valence-electron chi connectivity index (χ4n) is 0.933. The van der Waals surface area contributed by atoms with E-state index in [1.54, 1.807) is 13.8 Å². The minimum Gasteiger partial charge on any atom is -0.335 e. The quantitative estimate of drug-likeness (QED) is 0.744. The molecule has 0 aromatic carbocycles. The van der Waals surface area contributed by atoms with E-state index < -0.39 is 11.9 Å². The van der Waals surface area contributed by atoms with Crippen molar-refractivity contribution in [2.75, 3.05) is 0 Å². The van der Waals surface area contributed by atoms with Crippen LogP contribution in [0.2, 0.25) is 0 Å². The summed E-state index contributed by atoms with van der Waals surface area (Å²) in [6, 6.07) is 0. The van der Waals surface area contributed by atoms with Gasteiger partial charge in [0.1, 0.15) is 5.70 Å². The normalized spacial score (nSPS) is 15.0. The molecule has 0 bridgehead atoms. The number of aliphatic imine (C=N–C) groups is 2. The Morgan fingerprint density at radius 2 is 1.88 bits per heavy atom. The molecule has 0 atom stereocenters. The van der Waals surface area contributed by atoms with Crippen molar-refractivity contribution in [1.29, 1.82) is 0 Å². The van der Waals surface area contributed by atoms with Crippen LogP contribution in [0.1, 0.15) is 20.8 Å². The largest absolute Gasteiger partial charge is 0.430 e. The van der Waals surface area contributed by atoms with Crippen LogP contribution in [0, 0.1) is 0 Å². The minimum absolute atomic E-state index is 0.0106. The number of nitrogens with one attached hydrogen (secondary N) is 1. The van der Waals surface area contributed by atoms with Gasteiger partial charge in [-0.2, -0.15) is 13.2 Å². The predicted octanol–water partition coefficient (Wildman–Crippen LogP) is 3.02. The van der Waals surface area contributed by atoms with Crippen LogP contribution in [0.25, 0.3) is 0 Å². The van der Waals surface area contributed by atoms with Gasteiger partial charge in [-0.15, -0.1) is 0 Å². The van der Waals surface area contributed by atoms with Gasteiger partial charge in [0.25, 0.3) is 0 Å². The molecule has 0 heterocycles. The van der Waals surface area contributed by atoms with Crippen molar-refractivity contribution >= 4 is 12.9 Å². The number of rotatable bonds is 4. The first kappa shape index (κ1) is 14.4. The first-order chi connectivity index (χ1) is 7.36. The molecule has 0 radical (unpaired) electrons. The van der Waals surface area contributed by atoms with Gasteiger partial charge in [-0.1, -0.05) is 6.08 Å². The highest BCUT2D eigenvalue weighted by molar-refractivity contribution is 5.55. The summed E-state index contributed by atoms with van der Waals surface area (Å²) >= 11 is 0. The molecule has 1 N–H and O–H groups in total. The van der Waals surface area contributed by atoms with Gasteiger partial charge < -0.3 is 5.32 Å². The summed E-state index contributed by atoms with van der Waals surface area (Å²) in [7, 11) is 0. The van der Waals surface area contributed by atoms with E-state index >= 15 is 0 Å². The Kier molecular flexibility index (Phi) is 5.49. The van der Waals surface area contributed by atoms with Crippen LogP contribution in [0.4, 0.5) is 13.2 Å². The van der Waals surface area contributed by atoms with Crippen LogP contribution < -0.4 is 5.32 Å². The molecule has 90 valence electrons. The summed E-state index contributed by atoms with van der Waals surface area (Å²) < 4.78 is 37.2. The average Bonchev–Trinajstić information content (AvgIpc) is 2.17.